The Balaban J connectivity index is 1.86. The van der Waals surface area contributed by atoms with E-state index in [9.17, 15) is 0 Å². The predicted molar refractivity (Wildman–Crippen MR) is 57.3 cm³/mol. The molecular weight excluding hydrogens is 182 g/mol. The number of rotatable bonds is 2. The number of nitrogens with one attached hydrogen (secondary N) is 1. The molecule has 0 radical (unpaired) electrons. The molecule has 0 aromatic rings. The van der Waals surface area contributed by atoms with Crippen LogP contribution in [0.3, 0.4) is 0 Å². The van der Waals surface area contributed by atoms with E-state index in [4.69, 9.17) is 4.74 Å². The van der Waals surface area contributed by atoms with Gasteiger partial charge in [-0.1, -0.05) is 13.8 Å². The van der Waals surface area contributed by atoms with Crippen LogP contribution in [0.15, 0.2) is 0 Å². The summed E-state index contributed by atoms with van der Waals surface area (Å²) >= 11 is 2.06. The van der Waals surface area contributed by atoms with E-state index in [0.717, 1.165) is 19.3 Å². The van der Waals surface area contributed by atoms with E-state index >= 15 is 0 Å². The minimum Gasteiger partial charge on any atom is -0.379 e. The fraction of sp³-hybridized carbons (Fsp3) is 1.00. The van der Waals surface area contributed by atoms with Gasteiger partial charge in [-0.05, 0) is 12.2 Å². The zero-order valence-corrected chi connectivity index (χ0v) is 9.32. The molecule has 0 aromatic carbocycles. The van der Waals surface area contributed by atoms with Crippen molar-refractivity contribution in [2.45, 2.75) is 32.4 Å². The van der Waals surface area contributed by atoms with Crippen molar-refractivity contribution in [1.82, 2.24) is 5.32 Å². The maximum absolute atomic E-state index is 5.51. The van der Waals surface area contributed by atoms with Crippen molar-refractivity contribution in [3.63, 3.8) is 0 Å². The Hall–Kier alpha value is 0.270. The van der Waals surface area contributed by atoms with Gasteiger partial charge >= 0.3 is 0 Å². The Morgan fingerprint density at radius 2 is 2.31 bits per heavy atom. The zero-order chi connectivity index (χ0) is 9.31. The zero-order valence-electron chi connectivity index (χ0n) is 8.51. The van der Waals surface area contributed by atoms with Crippen molar-refractivity contribution in [3.05, 3.63) is 0 Å². The van der Waals surface area contributed by atoms with E-state index in [1.54, 1.807) is 0 Å². The molecule has 3 heteroatoms. The number of ether oxygens (including phenoxy) is 1. The summed E-state index contributed by atoms with van der Waals surface area (Å²) in [7, 11) is 0. The highest BCUT2D eigenvalue weighted by molar-refractivity contribution is 7.99. The lowest BCUT2D eigenvalue weighted by Crippen LogP contribution is -2.46. The van der Waals surface area contributed by atoms with E-state index in [2.05, 4.69) is 30.9 Å². The fourth-order valence-electron chi connectivity index (χ4n) is 1.99. The lowest BCUT2D eigenvalue weighted by atomic mass is 9.87. The average molecular weight is 201 g/mol. The lowest BCUT2D eigenvalue weighted by Gasteiger charge is -2.28. The maximum atomic E-state index is 5.51. The van der Waals surface area contributed by atoms with Crippen LogP contribution in [-0.2, 0) is 4.74 Å². The van der Waals surface area contributed by atoms with Crippen molar-refractivity contribution in [2.24, 2.45) is 5.41 Å². The quantitative estimate of drug-likeness (QED) is 0.731. The third kappa shape index (κ3) is 2.20. The molecule has 0 aromatic heterocycles. The van der Waals surface area contributed by atoms with E-state index in [1.165, 1.54) is 17.9 Å². The summed E-state index contributed by atoms with van der Waals surface area (Å²) in [6.45, 7) is 6.39. The van der Waals surface area contributed by atoms with Crippen LogP contribution >= 0.6 is 11.8 Å². The fourth-order valence-corrected chi connectivity index (χ4v) is 3.16. The molecule has 2 heterocycles. The molecule has 2 unspecified atom stereocenters. The summed E-state index contributed by atoms with van der Waals surface area (Å²) in [5.41, 5.74) is 0.327. The van der Waals surface area contributed by atoms with Crippen LogP contribution in [-0.4, -0.2) is 36.8 Å². The van der Waals surface area contributed by atoms with Crippen molar-refractivity contribution < 1.29 is 4.74 Å². The summed E-state index contributed by atoms with van der Waals surface area (Å²) in [5.74, 6) is 2.61. The van der Waals surface area contributed by atoms with Crippen LogP contribution in [0.5, 0.6) is 0 Å². The van der Waals surface area contributed by atoms with Gasteiger partial charge in [0.2, 0.25) is 0 Å². The first kappa shape index (κ1) is 9.81. The second kappa shape index (κ2) is 3.79. The number of hydrogen-bond acceptors (Lipinski definition) is 3. The monoisotopic (exact) mass is 201 g/mol. The van der Waals surface area contributed by atoms with Gasteiger partial charge in [-0.25, -0.2) is 0 Å². The highest BCUT2D eigenvalue weighted by Crippen LogP contribution is 2.29. The van der Waals surface area contributed by atoms with Crippen molar-refractivity contribution >= 4 is 11.8 Å². The molecule has 0 spiro atoms. The average Bonchev–Trinajstić information content (AvgIpc) is 2.63. The van der Waals surface area contributed by atoms with Gasteiger partial charge in [0, 0.05) is 23.3 Å². The summed E-state index contributed by atoms with van der Waals surface area (Å²) in [4.78, 5) is 0. The minimum atomic E-state index is 0.327. The SMILES string of the molecule is CC1(C)COCC1NC1CCSC1. The molecule has 0 saturated carbocycles. The minimum absolute atomic E-state index is 0.327. The van der Waals surface area contributed by atoms with Crippen LogP contribution in [0.1, 0.15) is 20.3 Å². The second-order valence-electron chi connectivity index (χ2n) is 4.78. The van der Waals surface area contributed by atoms with Crippen LogP contribution in [0.4, 0.5) is 0 Å². The topological polar surface area (TPSA) is 21.3 Å². The molecule has 2 atom stereocenters. The highest BCUT2D eigenvalue weighted by Gasteiger charge is 2.37. The molecule has 2 rings (SSSR count). The number of hydrogen-bond donors (Lipinski definition) is 1. The molecule has 13 heavy (non-hydrogen) atoms. The van der Waals surface area contributed by atoms with Gasteiger partial charge in [-0.3, -0.25) is 0 Å². The normalized spacial score (nSPS) is 38.3. The Bertz CT molecular complexity index is 178. The molecule has 76 valence electrons. The first-order valence-electron chi connectivity index (χ1n) is 5.10. The Labute approximate surface area is 84.8 Å². The lowest BCUT2D eigenvalue weighted by molar-refractivity contribution is 0.166. The first-order valence-corrected chi connectivity index (χ1v) is 6.25. The van der Waals surface area contributed by atoms with Gasteiger partial charge < -0.3 is 10.1 Å². The molecule has 2 fully saturated rings. The van der Waals surface area contributed by atoms with Gasteiger partial charge in [0.25, 0.3) is 0 Å². The molecule has 1 N–H and O–H groups in total. The highest BCUT2D eigenvalue weighted by atomic mass is 32.2. The Morgan fingerprint density at radius 1 is 1.46 bits per heavy atom. The van der Waals surface area contributed by atoms with Gasteiger partial charge in [0.05, 0.1) is 13.2 Å². The standard InChI is InChI=1S/C10H19NOS/c1-10(2)7-12-5-9(10)11-8-3-4-13-6-8/h8-9,11H,3-7H2,1-2H3. The third-order valence-corrected chi connectivity index (χ3v) is 4.23. The van der Waals surface area contributed by atoms with Crippen LogP contribution in [0, 0.1) is 5.41 Å². The molecule has 0 amide bonds. The van der Waals surface area contributed by atoms with Crippen molar-refractivity contribution in [2.75, 3.05) is 24.7 Å². The van der Waals surface area contributed by atoms with E-state index in [1.807, 2.05) is 0 Å². The second-order valence-corrected chi connectivity index (χ2v) is 5.93. The predicted octanol–water partition coefficient (Wildman–Crippen LogP) is 1.51. The molecule has 2 aliphatic rings. The summed E-state index contributed by atoms with van der Waals surface area (Å²) < 4.78 is 5.51. The van der Waals surface area contributed by atoms with Gasteiger partial charge in [-0.15, -0.1) is 0 Å². The molecule has 2 aliphatic heterocycles. The van der Waals surface area contributed by atoms with Gasteiger partial charge in [-0.2, -0.15) is 11.8 Å². The van der Waals surface area contributed by atoms with E-state index in [-0.39, 0.29) is 0 Å². The summed E-state index contributed by atoms with van der Waals surface area (Å²) in [5, 5.41) is 3.72. The van der Waals surface area contributed by atoms with Gasteiger partial charge in [0.15, 0.2) is 0 Å². The largest absolute Gasteiger partial charge is 0.379 e. The molecule has 2 nitrogen and oxygen atoms in total. The third-order valence-electron chi connectivity index (χ3n) is 3.07. The summed E-state index contributed by atoms with van der Waals surface area (Å²) in [6.07, 6.45) is 1.33. The number of thioether (sulfide) groups is 1. The maximum Gasteiger partial charge on any atom is 0.0626 e. The van der Waals surface area contributed by atoms with E-state index in [0.29, 0.717) is 11.5 Å². The Morgan fingerprint density at radius 3 is 2.85 bits per heavy atom. The summed E-state index contributed by atoms with van der Waals surface area (Å²) in [6, 6.07) is 1.30. The molecule has 0 aliphatic carbocycles. The molecule has 2 saturated heterocycles. The van der Waals surface area contributed by atoms with Gasteiger partial charge in [0.1, 0.15) is 0 Å². The van der Waals surface area contributed by atoms with Crippen molar-refractivity contribution in [1.29, 1.82) is 0 Å². The smallest absolute Gasteiger partial charge is 0.0626 e. The van der Waals surface area contributed by atoms with Crippen LogP contribution in [0.25, 0.3) is 0 Å². The van der Waals surface area contributed by atoms with Crippen LogP contribution < -0.4 is 5.32 Å². The first-order chi connectivity index (χ1) is 6.18. The molecular formula is C10H19NOS. The van der Waals surface area contributed by atoms with Crippen molar-refractivity contribution in [3.8, 4) is 0 Å². The van der Waals surface area contributed by atoms with Crippen LogP contribution in [0.2, 0.25) is 0 Å². The van der Waals surface area contributed by atoms with E-state index < -0.39 is 0 Å². The Kier molecular flexibility index (Phi) is 2.86. The molecule has 0 bridgehead atoms.